The molecule has 170 valence electrons. The molecule has 1 amide bonds. The van der Waals surface area contributed by atoms with Gasteiger partial charge in [-0.15, -0.1) is 0 Å². The van der Waals surface area contributed by atoms with Gasteiger partial charge in [0.2, 0.25) is 10.0 Å². The van der Waals surface area contributed by atoms with Gasteiger partial charge in [-0.25, -0.2) is 17.2 Å². The van der Waals surface area contributed by atoms with Crippen molar-refractivity contribution < 1.29 is 26.4 Å². The number of piperidine rings is 1. The molecule has 0 radical (unpaired) electrons. The minimum atomic E-state index is -3.69. The number of halogens is 2. The summed E-state index contributed by atoms with van der Waals surface area (Å²) in [6, 6.07) is 7.54. The molecule has 1 N–H and O–H groups in total. The van der Waals surface area contributed by atoms with E-state index in [-0.39, 0.29) is 28.2 Å². The number of furan rings is 1. The van der Waals surface area contributed by atoms with Crippen LogP contribution in [0.15, 0.2) is 45.7 Å². The van der Waals surface area contributed by atoms with Gasteiger partial charge in [0.25, 0.3) is 5.91 Å². The molecule has 2 heterocycles. The topological polar surface area (TPSA) is 79.6 Å². The van der Waals surface area contributed by atoms with Crippen LogP contribution in [0.1, 0.15) is 36.4 Å². The Morgan fingerprint density at radius 1 is 1.06 bits per heavy atom. The van der Waals surface area contributed by atoms with Gasteiger partial charge in [-0.05, 0) is 55.5 Å². The Labute approximate surface area is 185 Å². The van der Waals surface area contributed by atoms with E-state index in [9.17, 15) is 22.0 Å². The van der Waals surface area contributed by atoms with Crippen LogP contribution in [-0.4, -0.2) is 31.7 Å². The number of fused-ring (bicyclic) bond motifs is 1. The first-order valence-electron chi connectivity index (χ1n) is 10.4. The molecule has 4 rings (SSSR count). The van der Waals surface area contributed by atoms with Gasteiger partial charge < -0.3 is 9.73 Å². The van der Waals surface area contributed by atoms with E-state index in [4.69, 9.17) is 4.42 Å². The second-order valence-corrected chi connectivity index (χ2v) is 10.5. The third kappa shape index (κ3) is 4.14. The van der Waals surface area contributed by atoms with Crippen LogP contribution in [-0.2, 0) is 10.0 Å². The number of amides is 1. The summed E-state index contributed by atoms with van der Waals surface area (Å²) in [5, 5.41) is 2.97. The number of sulfonamides is 1. The lowest BCUT2D eigenvalue weighted by Gasteiger charge is -2.34. The molecule has 1 fully saturated rings. The fourth-order valence-electron chi connectivity index (χ4n) is 4.29. The lowest BCUT2D eigenvalue weighted by atomic mass is 9.94. The lowest BCUT2D eigenvalue weighted by Crippen LogP contribution is -2.42. The van der Waals surface area contributed by atoms with E-state index >= 15 is 0 Å². The quantitative estimate of drug-likeness (QED) is 0.596. The number of hydrogen-bond donors (Lipinski definition) is 1. The molecule has 32 heavy (non-hydrogen) atoms. The zero-order chi connectivity index (χ0) is 23.2. The van der Waals surface area contributed by atoms with Gasteiger partial charge >= 0.3 is 0 Å². The van der Waals surface area contributed by atoms with Crippen molar-refractivity contribution in [1.29, 1.82) is 0 Å². The molecule has 0 unspecified atom stereocenters. The molecule has 3 aromatic rings. The SMILES string of the molecule is Cc1c(C(=O)Nc2ccc(F)c(F)c2)oc2ccc(S(=O)(=O)N3C[C@H](C)C[C@H](C)C3)cc12. The Morgan fingerprint density at radius 2 is 1.75 bits per heavy atom. The number of nitrogens with zero attached hydrogens (tertiary/aromatic N) is 1. The van der Waals surface area contributed by atoms with E-state index in [1.54, 1.807) is 6.92 Å². The summed E-state index contributed by atoms with van der Waals surface area (Å²) in [6.07, 6.45) is 0.988. The predicted octanol–water partition coefficient (Wildman–Crippen LogP) is 4.94. The summed E-state index contributed by atoms with van der Waals surface area (Å²) >= 11 is 0. The smallest absolute Gasteiger partial charge is 0.291 e. The van der Waals surface area contributed by atoms with Gasteiger partial charge in [0.05, 0.1) is 4.90 Å². The minimum Gasteiger partial charge on any atom is -0.451 e. The number of carbonyl (C=O) groups is 1. The summed E-state index contributed by atoms with van der Waals surface area (Å²) in [7, 11) is -3.69. The highest BCUT2D eigenvalue weighted by Gasteiger charge is 2.32. The fourth-order valence-corrected chi connectivity index (χ4v) is 6.00. The number of aryl methyl sites for hydroxylation is 1. The van der Waals surface area contributed by atoms with Gasteiger partial charge in [-0.3, -0.25) is 4.79 Å². The molecule has 2 aromatic carbocycles. The van der Waals surface area contributed by atoms with E-state index < -0.39 is 27.6 Å². The molecule has 1 aliphatic heterocycles. The number of anilines is 1. The number of nitrogens with one attached hydrogen (secondary N) is 1. The summed E-state index contributed by atoms with van der Waals surface area (Å²) in [4.78, 5) is 12.8. The van der Waals surface area contributed by atoms with Crippen molar-refractivity contribution >= 4 is 32.6 Å². The molecule has 0 aliphatic carbocycles. The van der Waals surface area contributed by atoms with Gasteiger partial charge in [-0.2, -0.15) is 4.31 Å². The van der Waals surface area contributed by atoms with Gasteiger partial charge in [-0.1, -0.05) is 13.8 Å². The van der Waals surface area contributed by atoms with Crippen molar-refractivity contribution in [1.82, 2.24) is 4.31 Å². The van der Waals surface area contributed by atoms with Crippen LogP contribution in [0.2, 0.25) is 0 Å². The number of carbonyl (C=O) groups excluding carboxylic acids is 1. The Bertz CT molecular complexity index is 1290. The normalized spacial score (nSPS) is 19.9. The second kappa shape index (κ2) is 8.29. The zero-order valence-electron chi connectivity index (χ0n) is 18.0. The average Bonchev–Trinajstić information content (AvgIpc) is 3.06. The van der Waals surface area contributed by atoms with E-state index in [0.29, 0.717) is 29.6 Å². The third-order valence-corrected chi connectivity index (χ3v) is 7.59. The second-order valence-electron chi connectivity index (χ2n) is 8.57. The van der Waals surface area contributed by atoms with Crippen molar-refractivity contribution in [3.63, 3.8) is 0 Å². The first kappa shape index (κ1) is 22.4. The summed E-state index contributed by atoms with van der Waals surface area (Å²) in [5.74, 6) is -2.22. The standard InChI is InChI=1S/C23H24F2N2O4S/c1-13-8-14(2)12-27(11-13)32(29,30)17-5-7-21-18(10-17)15(3)22(31-21)23(28)26-16-4-6-19(24)20(25)9-16/h4-7,9-10,13-14H,8,11-12H2,1-3H3,(H,26,28)/t13-,14+. The molecule has 6 nitrogen and oxygen atoms in total. The Kier molecular flexibility index (Phi) is 5.81. The maximum absolute atomic E-state index is 13.4. The predicted molar refractivity (Wildman–Crippen MR) is 117 cm³/mol. The van der Waals surface area contributed by atoms with Crippen molar-refractivity contribution in [2.45, 2.75) is 32.1 Å². The number of hydrogen-bond acceptors (Lipinski definition) is 4. The van der Waals surface area contributed by atoms with Crippen LogP contribution in [0.4, 0.5) is 14.5 Å². The van der Waals surface area contributed by atoms with Crippen LogP contribution in [0.5, 0.6) is 0 Å². The maximum Gasteiger partial charge on any atom is 0.291 e. The average molecular weight is 463 g/mol. The Morgan fingerprint density at radius 3 is 2.41 bits per heavy atom. The van der Waals surface area contributed by atoms with Gasteiger partial charge in [0.15, 0.2) is 17.4 Å². The first-order chi connectivity index (χ1) is 15.1. The number of rotatable bonds is 4. The Hall–Kier alpha value is -2.78. The molecule has 0 bridgehead atoms. The summed E-state index contributed by atoms with van der Waals surface area (Å²) < 4.78 is 60.1. The highest BCUT2D eigenvalue weighted by Crippen LogP contribution is 2.31. The van der Waals surface area contributed by atoms with Crippen molar-refractivity contribution in [2.75, 3.05) is 18.4 Å². The molecule has 2 atom stereocenters. The third-order valence-electron chi connectivity index (χ3n) is 5.76. The molecule has 9 heteroatoms. The minimum absolute atomic E-state index is 0.0282. The zero-order valence-corrected chi connectivity index (χ0v) is 18.8. The van der Waals surface area contributed by atoms with Crippen LogP contribution in [0, 0.1) is 30.4 Å². The van der Waals surface area contributed by atoms with Crippen LogP contribution in [0.3, 0.4) is 0 Å². The van der Waals surface area contributed by atoms with E-state index in [1.807, 2.05) is 13.8 Å². The molecule has 1 aliphatic rings. The fraction of sp³-hybridized carbons (Fsp3) is 0.348. The molecule has 0 saturated carbocycles. The highest BCUT2D eigenvalue weighted by atomic mass is 32.2. The Balaban J connectivity index is 1.65. The first-order valence-corrected chi connectivity index (χ1v) is 11.8. The van der Waals surface area contributed by atoms with E-state index in [1.165, 1.54) is 28.6 Å². The molecule has 0 spiro atoms. The van der Waals surface area contributed by atoms with Crippen LogP contribution in [0.25, 0.3) is 11.0 Å². The van der Waals surface area contributed by atoms with Crippen LogP contribution >= 0.6 is 0 Å². The monoisotopic (exact) mass is 462 g/mol. The van der Waals surface area contributed by atoms with E-state index in [2.05, 4.69) is 5.32 Å². The highest BCUT2D eigenvalue weighted by molar-refractivity contribution is 7.89. The largest absolute Gasteiger partial charge is 0.451 e. The van der Waals surface area contributed by atoms with Crippen LogP contribution < -0.4 is 5.32 Å². The lowest BCUT2D eigenvalue weighted by molar-refractivity contribution is 0.0998. The maximum atomic E-state index is 13.4. The van der Waals surface area contributed by atoms with Gasteiger partial charge in [0.1, 0.15) is 5.58 Å². The molecule has 1 aromatic heterocycles. The molecular formula is C23H24F2N2O4S. The summed E-state index contributed by atoms with van der Waals surface area (Å²) in [6.45, 7) is 6.67. The van der Waals surface area contributed by atoms with E-state index in [0.717, 1.165) is 18.6 Å². The van der Waals surface area contributed by atoms with Gasteiger partial charge in [0, 0.05) is 35.8 Å². The molecular weight excluding hydrogens is 438 g/mol. The number of benzene rings is 2. The van der Waals surface area contributed by atoms with Crippen molar-refractivity contribution in [3.8, 4) is 0 Å². The van der Waals surface area contributed by atoms with Crippen molar-refractivity contribution in [3.05, 3.63) is 59.4 Å². The summed E-state index contributed by atoms with van der Waals surface area (Å²) in [5.41, 5.74) is 0.889. The molecule has 1 saturated heterocycles. The van der Waals surface area contributed by atoms with Crippen molar-refractivity contribution in [2.24, 2.45) is 11.8 Å².